The van der Waals surface area contributed by atoms with E-state index in [1.165, 1.54) is 11.3 Å². The van der Waals surface area contributed by atoms with Crippen LogP contribution in [0.1, 0.15) is 43.6 Å². The third-order valence-corrected chi connectivity index (χ3v) is 7.79. The molecule has 0 aliphatic heterocycles. The number of hydrogen-bond donors (Lipinski definition) is 2. The maximum absolute atomic E-state index is 13.8. The number of nitrogens with zero attached hydrogens (tertiary/aromatic N) is 1. The zero-order chi connectivity index (χ0) is 22.3. The first-order valence-corrected chi connectivity index (χ1v) is 13.2. The molecule has 0 aliphatic carbocycles. The zero-order valence-corrected chi connectivity index (χ0v) is 20.5. The molecule has 1 unspecified atom stereocenters. The molecule has 31 heavy (non-hydrogen) atoms. The molecule has 166 valence electrons. The summed E-state index contributed by atoms with van der Waals surface area (Å²) in [5.41, 5.74) is 2.83. The van der Waals surface area contributed by atoms with Crippen LogP contribution in [-0.4, -0.2) is 23.3 Å². The SMILES string of the molecule is CCCOP(=O)(OCCC)C(NC(=S)Nc1nc2c(C)cccc2s1)c1ccccc1. The number of nitrogens with one attached hydrogen (secondary N) is 2. The van der Waals surface area contributed by atoms with Gasteiger partial charge in [-0.2, -0.15) is 0 Å². The molecule has 3 aromatic rings. The third kappa shape index (κ3) is 6.11. The molecule has 2 aromatic carbocycles. The fourth-order valence-electron chi connectivity index (χ4n) is 3.00. The van der Waals surface area contributed by atoms with Crippen molar-refractivity contribution in [2.24, 2.45) is 0 Å². The molecule has 1 aromatic heterocycles. The van der Waals surface area contributed by atoms with E-state index in [1.54, 1.807) is 0 Å². The van der Waals surface area contributed by atoms with Crippen LogP contribution in [0.15, 0.2) is 48.5 Å². The van der Waals surface area contributed by atoms with E-state index in [0.717, 1.165) is 34.2 Å². The third-order valence-electron chi connectivity index (χ3n) is 4.49. The minimum Gasteiger partial charge on any atom is -0.345 e. The lowest BCUT2D eigenvalue weighted by atomic mass is 10.2. The quantitative estimate of drug-likeness (QED) is 0.251. The van der Waals surface area contributed by atoms with Gasteiger partial charge in [0.2, 0.25) is 0 Å². The number of thiazole rings is 1. The van der Waals surface area contributed by atoms with E-state index in [-0.39, 0.29) is 0 Å². The Labute approximate surface area is 192 Å². The van der Waals surface area contributed by atoms with Crippen molar-refractivity contribution in [1.29, 1.82) is 0 Å². The summed E-state index contributed by atoms with van der Waals surface area (Å²) in [6.45, 7) is 6.64. The van der Waals surface area contributed by atoms with Crippen LogP contribution in [0.2, 0.25) is 0 Å². The first kappa shape index (κ1) is 23.8. The van der Waals surface area contributed by atoms with E-state index in [9.17, 15) is 4.57 Å². The molecule has 0 amide bonds. The summed E-state index contributed by atoms with van der Waals surface area (Å²) in [6.07, 6.45) is 1.46. The average Bonchev–Trinajstić information content (AvgIpc) is 3.19. The smallest absolute Gasteiger partial charge is 0.345 e. The number of benzene rings is 2. The van der Waals surface area contributed by atoms with Crippen LogP contribution in [0.5, 0.6) is 0 Å². The van der Waals surface area contributed by atoms with Gasteiger partial charge in [0.15, 0.2) is 16.0 Å². The predicted molar refractivity (Wildman–Crippen MR) is 133 cm³/mol. The lowest BCUT2D eigenvalue weighted by Gasteiger charge is -2.28. The Morgan fingerprint density at radius 3 is 2.39 bits per heavy atom. The van der Waals surface area contributed by atoms with Crippen molar-refractivity contribution in [1.82, 2.24) is 10.3 Å². The van der Waals surface area contributed by atoms with Crippen molar-refractivity contribution in [2.45, 2.75) is 39.4 Å². The van der Waals surface area contributed by atoms with Crippen LogP contribution >= 0.6 is 31.2 Å². The number of rotatable bonds is 10. The highest BCUT2D eigenvalue weighted by Gasteiger charge is 2.38. The summed E-state index contributed by atoms with van der Waals surface area (Å²) in [4.78, 5) is 4.64. The maximum Gasteiger partial charge on any atom is 0.357 e. The highest BCUT2D eigenvalue weighted by Crippen LogP contribution is 2.59. The van der Waals surface area contributed by atoms with Gasteiger partial charge in [0, 0.05) is 0 Å². The van der Waals surface area contributed by atoms with Gasteiger partial charge in [0.25, 0.3) is 0 Å². The minimum atomic E-state index is -3.53. The maximum atomic E-state index is 13.8. The van der Waals surface area contributed by atoms with Gasteiger partial charge in [-0.3, -0.25) is 4.57 Å². The monoisotopic (exact) mass is 477 g/mol. The lowest BCUT2D eigenvalue weighted by Crippen LogP contribution is -2.33. The number of para-hydroxylation sites is 1. The second kappa shape index (κ2) is 11.2. The van der Waals surface area contributed by atoms with E-state index in [1.807, 2.05) is 69.3 Å². The molecular weight excluding hydrogens is 449 g/mol. The molecule has 0 saturated carbocycles. The topological polar surface area (TPSA) is 72.5 Å². The van der Waals surface area contributed by atoms with Crippen LogP contribution < -0.4 is 10.6 Å². The number of aryl methyl sites for hydroxylation is 1. The summed E-state index contributed by atoms with van der Waals surface area (Å²) in [6, 6.07) is 15.5. The van der Waals surface area contributed by atoms with Crippen LogP contribution in [-0.2, 0) is 13.6 Å². The van der Waals surface area contributed by atoms with Gasteiger partial charge in [0.05, 0.1) is 23.4 Å². The van der Waals surface area contributed by atoms with Crippen molar-refractivity contribution in [2.75, 3.05) is 18.5 Å². The molecule has 6 nitrogen and oxygen atoms in total. The molecule has 0 saturated heterocycles. The summed E-state index contributed by atoms with van der Waals surface area (Å²) >= 11 is 7.07. The standard InChI is InChI=1S/C22H28N3O3PS2/c1-4-14-27-29(26,28-15-5-2)20(17-11-7-6-8-12-17)24-21(30)25-22-23-19-16(3)10-9-13-18(19)31-22/h6-13,20H,4-5,14-15H2,1-3H3,(H2,23,24,25,30). The van der Waals surface area contributed by atoms with Gasteiger partial charge in [0.1, 0.15) is 0 Å². The summed E-state index contributed by atoms with van der Waals surface area (Å²) in [5.74, 6) is -0.733. The van der Waals surface area contributed by atoms with E-state index in [4.69, 9.17) is 21.3 Å². The lowest BCUT2D eigenvalue weighted by molar-refractivity contribution is 0.195. The Hall–Kier alpha value is -1.83. The zero-order valence-electron chi connectivity index (χ0n) is 18.0. The normalized spacial score (nSPS) is 12.6. The van der Waals surface area contributed by atoms with Crippen molar-refractivity contribution >= 4 is 51.6 Å². The highest BCUT2D eigenvalue weighted by atomic mass is 32.1. The van der Waals surface area contributed by atoms with Crippen molar-refractivity contribution < 1.29 is 13.6 Å². The molecule has 1 atom stereocenters. The average molecular weight is 478 g/mol. The summed E-state index contributed by atoms with van der Waals surface area (Å²) in [7, 11) is -3.53. The fourth-order valence-corrected chi connectivity index (χ4v) is 6.39. The number of thiocarbonyl (C=S) groups is 1. The number of hydrogen-bond acceptors (Lipinski definition) is 6. The Morgan fingerprint density at radius 2 is 1.77 bits per heavy atom. The van der Waals surface area contributed by atoms with Crippen LogP contribution in [0.3, 0.4) is 0 Å². The van der Waals surface area contributed by atoms with Gasteiger partial charge in [-0.25, -0.2) is 4.98 Å². The number of aromatic nitrogens is 1. The molecule has 3 rings (SSSR count). The van der Waals surface area contributed by atoms with E-state index in [2.05, 4.69) is 15.6 Å². The minimum absolute atomic E-state index is 0.311. The van der Waals surface area contributed by atoms with E-state index in [0.29, 0.717) is 23.5 Å². The van der Waals surface area contributed by atoms with Gasteiger partial charge in [-0.15, -0.1) is 0 Å². The van der Waals surface area contributed by atoms with Gasteiger partial charge in [-0.1, -0.05) is 67.6 Å². The van der Waals surface area contributed by atoms with E-state index < -0.39 is 13.4 Å². The molecular formula is C22H28N3O3PS2. The van der Waals surface area contributed by atoms with Crippen LogP contribution in [0.4, 0.5) is 5.13 Å². The highest BCUT2D eigenvalue weighted by molar-refractivity contribution is 7.80. The Bertz CT molecular complexity index is 1050. The predicted octanol–water partition coefficient (Wildman–Crippen LogP) is 6.64. The first-order chi connectivity index (χ1) is 15.0. The van der Waals surface area contributed by atoms with Crippen LogP contribution in [0.25, 0.3) is 10.2 Å². The summed E-state index contributed by atoms with van der Waals surface area (Å²) in [5, 5.41) is 7.30. The molecule has 1 heterocycles. The number of anilines is 1. The molecule has 0 aliphatic rings. The molecule has 0 radical (unpaired) electrons. The van der Waals surface area contributed by atoms with Gasteiger partial charge < -0.3 is 19.7 Å². The van der Waals surface area contributed by atoms with Gasteiger partial charge in [-0.05, 0) is 49.2 Å². The second-order valence-corrected chi connectivity index (χ2v) is 10.6. The van der Waals surface area contributed by atoms with Crippen molar-refractivity contribution in [3.63, 3.8) is 0 Å². The largest absolute Gasteiger partial charge is 0.357 e. The fraction of sp³-hybridized carbons (Fsp3) is 0.364. The number of fused-ring (bicyclic) bond motifs is 1. The summed E-state index contributed by atoms with van der Waals surface area (Å²) < 4.78 is 26.4. The van der Waals surface area contributed by atoms with E-state index >= 15 is 0 Å². The Balaban J connectivity index is 1.85. The molecule has 0 spiro atoms. The Kier molecular flexibility index (Phi) is 8.58. The molecule has 9 heteroatoms. The molecule has 0 fully saturated rings. The Morgan fingerprint density at radius 1 is 1.10 bits per heavy atom. The second-order valence-electron chi connectivity index (χ2n) is 7.06. The van der Waals surface area contributed by atoms with Gasteiger partial charge >= 0.3 is 7.60 Å². The van der Waals surface area contributed by atoms with Crippen molar-refractivity contribution in [3.05, 3.63) is 59.7 Å². The first-order valence-electron chi connectivity index (χ1n) is 10.3. The van der Waals surface area contributed by atoms with Crippen LogP contribution in [0, 0.1) is 6.92 Å². The van der Waals surface area contributed by atoms with Crippen molar-refractivity contribution in [3.8, 4) is 0 Å². The molecule has 2 N–H and O–H groups in total. The molecule has 0 bridgehead atoms.